The van der Waals surface area contributed by atoms with Crippen molar-refractivity contribution in [2.24, 2.45) is 5.92 Å². The van der Waals surface area contributed by atoms with Crippen LogP contribution in [-0.4, -0.2) is 30.7 Å². The first-order valence-electron chi connectivity index (χ1n) is 7.07. The highest BCUT2D eigenvalue weighted by Crippen LogP contribution is 2.37. The van der Waals surface area contributed by atoms with Gasteiger partial charge < -0.3 is 10.6 Å². The summed E-state index contributed by atoms with van der Waals surface area (Å²) in [6.07, 6.45) is 0.121. The topological polar surface area (TPSA) is 41.1 Å². The van der Waals surface area contributed by atoms with Gasteiger partial charge in [-0.2, -0.15) is 13.2 Å². The molecule has 3 atom stereocenters. The van der Waals surface area contributed by atoms with Crippen molar-refractivity contribution in [3.8, 4) is 0 Å². The monoisotopic (exact) mass is 314 g/mol. The van der Waals surface area contributed by atoms with E-state index in [4.69, 9.17) is 0 Å². The van der Waals surface area contributed by atoms with Gasteiger partial charge in [-0.15, -0.1) is 12.4 Å². The van der Waals surface area contributed by atoms with E-state index < -0.39 is 12.1 Å². The van der Waals surface area contributed by atoms with Crippen LogP contribution in [0, 0.1) is 5.92 Å². The summed E-state index contributed by atoms with van der Waals surface area (Å²) in [7, 11) is 0. The van der Waals surface area contributed by atoms with E-state index in [-0.39, 0.29) is 43.2 Å². The molecule has 20 heavy (non-hydrogen) atoms. The van der Waals surface area contributed by atoms with Gasteiger partial charge in [0.05, 0.1) is 12.0 Å². The van der Waals surface area contributed by atoms with Crippen LogP contribution in [0.4, 0.5) is 13.2 Å². The minimum absolute atomic E-state index is 0. The summed E-state index contributed by atoms with van der Waals surface area (Å²) in [6.45, 7) is 0.813. The van der Waals surface area contributed by atoms with Crippen molar-refractivity contribution in [2.45, 2.75) is 63.2 Å². The molecule has 1 aliphatic heterocycles. The van der Waals surface area contributed by atoms with Gasteiger partial charge in [-0.05, 0) is 38.6 Å². The molecule has 0 aromatic heterocycles. The van der Waals surface area contributed by atoms with Crippen LogP contribution in [0.2, 0.25) is 0 Å². The van der Waals surface area contributed by atoms with Crippen molar-refractivity contribution in [3.05, 3.63) is 0 Å². The fraction of sp³-hybridized carbons (Fsp3) is 0.923. The second-order valence-electron chi connectivity index (χ2n) is 5.61. The lowest BCUT2D eigenvalue weighted by Gasteiger charge is -2.32. The van der Waals surface area contributed by atoms with Crippen molar-refractivity contribution in [1.29, 1.82) is 0 Å². The molecule has 0 spiro atoms. The molecule has 2 rings (SSSR count). The molecule has 2 aliphatic rings. The Morgan fingerprint density at radius 3 is 2.45 bits per heavy atom. The normalized spacial score (nSPS) is 31.2. The third kappa shape index (κ3) is 4.81. The van der Waals surface area contributed by atoms with Gasteiger partial charge in [-0.1, -0.05) is 12.8 Å². The predicted octanol–water partition coefficient (Wildman–Crippen LogP) is 2.79. The van der Waals surface area contributed by atoms with E-state index >= 15 is 0 Å². The molecular formula is C13H22ClF3N2O. The summed E-state index contributed by atoms with van der Waals surface area (Å²) in [5.41, 5.74) is 0. The molecule has 2 N–H and O–H groups in total. The van der Waals surface area contributed by atoms with Gasteiger partial charge in [0.2, 0.25) is 5.91 Å². The maximum absolute atomic E-state index is 12.7. The molecule has 3 nitrogen and oxygen atoms in total. The smallest absolute Gasteiger partial charge is 0.352 e. The highest BCUT2D eigenvalue weighted by molar-refractivity contribution is 5.85. The van der Waals surface area contributed by atoms with Crippen molar-refractivity contribution in [2.75, 3.05) is 6.54 Å². The zero-order valence-electron chi connectivity index (χ0n) is 11.3. The number of rotatable bonds is 2. The molecular weight excluding hydrogens is 293 g/mol. The van der Waals surface area contributed by atoms with Crippen LogP contribution < -0.4 is 10.6 Å². The third-order valence-electron chi connectivity index (χ3n) is 4.11. The van der Waals surface area contributed by atoms with E-state index in [9.17, 15) is 18.0 Å². The number of hydrogen-bond donors (Lipinski definition) is 2. The Morgan fingerprint density at radius 1 is 1.10 bits per heavy atom. The van der Waals surface area contributed by atoms with Gasteiger partial charge in [0.1, 0.15) is 0 Å². The second kappa shape index (κ2) is 7.50. The fourth-order valence-corrected chi connectivity index (χ4v) is 3.00. The molecule has 0 aromatic rings. The molecule has 1 saturated heterocycles. The van der Waals surface area contributed by atoms with E-state index in [1.54, 1.807) is 0 Å². The fourth-order valence-electron chi connectivity index (χ4n) is 3.00. The standard InChI is InChI=1S/C13H21F3N2O.ClH/c14-13(15,16)9-4-3-5-10(8-9)18-12(19)11-6-1-2-7-17-11;/h9-11,17H,1-8H2,(H,18,19);1H/t9?,10?,11-;/m0./s1. The number of piperidine rings is 1. The number of hydrogen-bond acceptors (Lipinski definition) is 2. The number of amides is 1. The SMILES string of the molecule is Cl.O=C(NC1CCCC(C(F)(F)F)C1)[C@@H]1CCCCN1. The van der Waals surface area contributed by atoms with Crippen LogP contribution in [0.15, 0.2) is 0 Å². The molecule has 2 unspecified atom stereocenters. The molecule has 1 heterocycles. The number of alkyl halides is 3. The van der Waals surface area contributed by atoms with E-state index in [1.165, 1.54) is 0 Å². The van der Waals surface area contributed by atoms with Gasteiger partial charge >= 0.3 is 6.18 Å². The van der Waals surface area contributed by atoms with Crippen LogP contribution in [-0.2, 0) is 4.79 Å². The van der Waals surface area contributed by atoms with E-state index in [0.717, 1.165) is 25.8 Å². The summed E-state index contributed by atoms with van der Waals surface area (Å²) in [5.74, 6) is -1.39. The van der Waals surface area contributed by atoms with Gasteiger partial charge in [0.15, 0.2) is 0 Å². The average Bonchev–Trinajstić information content (AvgIpc) is 2.39. The molecule has 1 saturated carbocycles. The number of carbonyl (C=O) groups excluding carboxylic acids is 1. The molecule has 0 bridgehead atoms. The minimum Gasteiger partial charge on any atom is -0.352 e. The highest BCUT2D eigenvalue weighted by atomic mass is 35.5. The van der Waals surface area contributed by atoms with Crippen LogP contribution in [0.25, 0.3) is 0 Å². The quantitative estimate of drug-likeness (QED) is 0.823. The number of nitrogens with one attached hydrogen (secondary N) is 2. The lowest BCUT2D eigenvalue weighted by molar-refractivity contribution is -0.184. The molecule has 1 amide bonds. The second-order valence-corrected chi connectivity index (χ2v) is 5.61. The van der Waals surface area contributed by atoms with E-state index in [2.05, 4.69) is 10.6 Å². The van der Waals surface area contributed by atoms with E-state index in [1.807, 2.05) is 0 Å². The minimum atomic E-state index is -4.13. The Balaban J connectivity index is 0.00000200. The van der Waals surface area contributed by atoms with Crippen LogP contribution in [0.5, 0.6) is 0 Å². The Kier molecular flexibility index (Phi) is 6.58. The summed E-state index contributed by atoms with van der Waals surface area (Å²) in [4.78, 5) is 12.0. The molecule has 0 aromatic carbocycles. The van der Waals surface area contributed by atoms with Gasteiger partial charge in [0, 0.05) is 6.04 Å². The third-order valence-corrected chi connectivity index (χ3v) is 4.11. The van der Waals surface area contributed by atoms with Gasteiger partial charge in [0.25, 0.3) is 0 Å². The maximum atomic E-state index is 12.7. The predicted molar refractivity (Wildman–Crippen MR) is 72.8 cm³/mol. The van der Waals surface area contributed by atoms with Crippen LogP contribution >= 0.6 is 12.4 Å². The molecule has 1 aliphatic carbocycles. The Labute approximate surface area is 123 Å². The Morgan fingerprint density at radius 2 is 1.85 bits per heavy atom. The Hall–Kier alpha value is -0.490. The maximum Gasteiger partial charge on any atom is 0.391 e. The van der Waals surface area contributed by atoms with Gasteiger partial charge in [-0.3, -0.25) is 4.79 Å². The zero-order valence-corrected chi connectivity index (χ0v) is 12.2. The lowest BCUT2D eigenvalue weighted by atomic mass is 9.85. The van der Waals surface area contributed by atoms with Crippen molar-refractivity contribution in [3.63, 3.8) is 0 Å². The van der Waals surface area contributed by atoms with E-state index in [0.29, 0.717) is 12.8 Å². The summed E-state index contributed by atoms with van der Waals surface area (Å²) < 4.78 is 38.0. The average molecular weight is 315 g/mol. The summed E-state index contributed by atoms with van der Waals surface area (Å²) >= 11 is 0. The lowest BCUT2D eigenvalue weighted by Crippen LogP contribution is -2.51. The molecule has 118 valence electrons. The van der Waals surface area contributed by atoms with Crippen molar-refractivity contribution in [1.82, 2.24) is 10.6 Å². The molecule has 0 radical (unpaired) electrons. The van der Waals surface area contributed by atoms with Crippen LogP contribution in [0.3, 0.4) is 0 Å². The highest BCUT2D eigenvalue weighted by Gasteiger charge is 2.42. The zero-order chi connectivity index (χ0) is 13.9. The Bertz CT molecular complexity index is 319. The number of carbonyl (C=O) groups is 1. The molecule has 2 fully saturated rings. The first kappa shape index (κ1) is 17.6. The molecule has 7 heteroatoms. The van der Waals surface area contributed by atoms with Crippen LogP contribution in [0.1, 0.15) is 44.9 Å². The van der Waals surface area contributed by atoms with Crippen molar-refractivity contribution >= 4 is 18.3 Å². The summed E-state index contributed by atoms with van der Waals surface area (Å²) in [6, 6.07) is -0.545. The first-order chi connectivity index (χ1) is 8.97. The summed E-state index contributed by atoms with van der Waals surface area (Å²) in [5, 5.41) is 5.90. The number of halogens is 4. The van der Waals surface area contributed by atoms with Crippen molar-refractivity contribution < 1.29 is 18.0 Å². The largest absolute Gasteiger partial charge is 0.391 e. The first-order valence-corrected chi connectivity index (χ1v) is 7.07. The van der Waals surface area contributed by atoms with Gasteiger partial charge in [-0.25, -0.2) is 0 Å².